The van der Waals surface area contributed by atoms with Gasteiger partial charge in [-0.2, -0.15) is 0 Å². The second kappa shape index (κ2) is 8.13. The summed E-state index contributed by atoms with van der Waals surface area (Å²) in [4.78, 5) is 11.7. The van der Waals surface area contributed by atoms with Gasteiger partial charge in [-0.05, 0) is 25.3 Å². The summed E-state index contributed by atoms with van der Waals surface area (Å²) in [7, 11) is 0. The van der Waals surface area contributed by atoms with Crippen molar-refractivity contribution < 1.29 is 10.0 Å². The van der Waals surface area contributed by atoms with Crippen LogP contribution in [0.3, 0.4) is 0 Å². The molecule has 0 spiro atoms. The average Bonchev–Trinajstić information content (AvgIpc) is 2.39. The van der Waals surface area contributed by atoms with E-state index in [4.69, 9.17) is 10.9 Å². The maximum Gasteiger partial charge on any atom is 0.220 e. The number of hydrogen-bond donors (Lipinski definition) is 3. The van der Waals surface area contributed by atoms with Crippen molar-refractivity contribution in [3.05, 3.63) is 35.9 Å². The lowest BCUT2D eigenvalue weighted by atomic mass is 10.1. The van der Waals surface area contributed by atoms with Crippen LogP contribution in [0.25, 0.3) is 0 Å². The molecule has 5 nitrogen and oxygen atoms in total. The van der Waals surface area contributed by atoms with Crippen LogP contribution in [0.15, 0.2) is 35.5 Å². The molecule has 0 saturated carbocycles. The summed E-state index contributed by atoms with van der Waals surface area (Å²) in [5.74, 6) is 0.117. The van der Waals surface area contributed by atoms with Gasteiger partial charge in [-0.1, -0.05) is 35.5 Å². The van der Waals surface area contributed by atoms with Crippen molar-refractivity contribution in [2.75, 3.05) is 0 Å². The lowest BCUT2D eigenvalue weighted by Gasteiger charge is -2.12. The molecule has 1 unspecified atom stereocenters. The Bertz CT molecular complexity index is 418. The first kappa shape index (κ1) is 15.0. The van der Waals surface area contributed by atoms with E-state index in [-0.39, 0.29) is 17.8 Å². The number of hydrogen-bond acceptors (Lipinski definition) is 3. The van der Waals surface area contributed by atoms with E-state index in [0.29, 0.717) is 12.8 Å². The van der Waals surface area contributed by atoms with Gasteiger partial charge >= 0.3 is 0 Å². The van der Waals surface area contributed by atoms with Crippen molar-refractivity contribution in [2.45, 2.75) is 38.6 Å². The Balaban J connectivity index is 2.21. The van der Waals surface area contributed by atoms with Crippen molar-refractivity contribution in [2.24, 2.45) is 10.9 Å². The van der Waals surface area contributed by atoms with Gasteiger partial charge in [-0.3, -0.25) is 4.79 Å². The first-order valence-corrected chi connectivity index (χ1v) is 6.41. The summed E-state index contributed by atoms with van der Waals surface area (Å²) in [5, 5.41) is 14.1. The van der Waals surface area contributed by atoms with Gasteiger partial charge in [0.1, 0.15) is 5.84 Å². The van der Waals surface area contributed by atoms with E-state index in [9.17, 15) is 4.79 Å². The lowest BCUT2D eigenvalue weighted by molar-refractivity contribution is -0.121. The Hall–Kier alpha value is -2.04. The highest BCUT2D eigenvalue weighted by molar-refractivity contribution is 5.81. The molecule has 0 bridgehead atoms. The summed E-state index contributed by atoms with van der Waals surface area (Å²) in [5.41, 5.74) is 6.61. The zero-order valence-electron chi connectivity index (χ0n) is 11.2. The number of carbonyl (C=O) groups excluding carboxylic acids is 1. The first-order chi connectivity index (χ1) is 9.11. The SMILES string of the molecule is CC(CC(N)=NO)NC(=O)CCCc1ccccc1. The second-order valence-electron chi connectivity index (χ2n) is 4.60. The van der Waals surface area contributed by atoms with Crippen LogP contribution in [0.4, 0.5) is 0 Å². The third-order valence-corrected chi connectivity index (χ3v) is 2.76. The van der Waals surface area contributed by atoms with E-state index in [1.54, 1.807) is 0 Å². The molecule has 1 aromatic rings. The Morgan fingerprint density at radius 1 is 1.42 bits per heavy atom. The first-order valence-electron chi connectivity index (χ1n) is 6.41. The monoisotopic (exact) mass is 263 g/mol. The van der Waals surface area contributed by atoms with Crippen molar-refractivity contribution in [3.63, 3.8) is 0 Å². The van der Waals surface area contributed by atoms with Gasteiger partial charge in [0, 0.05) is 18.9 Å². The molecule has 4 N–H and O–H groups in total. The van der Waals surface area contributed by atoms with Crippen molar-refractivity contribution in [3.8, 4) is 0 Å². The summed E-state index contributed by atoms with van der Waals surface area (Å²) in [6.45, 7) is 1.83. The minimum absolute atomic E-state index is 0.00540. The zero-order chi connectivity index (χ0) is 14.1. The van der Waals surface area contributed by atoms with Gasteiger partial charge in [-0.25, -0.2) is 0 Å². The largest absolute Gasteiger partial charge is 0.409 e. The van der Waals surface area contributed by atoms with E-state index < -0.39 is 0 Å². The number of amidine groups is 1. The van der Waals surface area contributed by atoms with Crippen LogP contribution in [0, 0.1) is 0 Å². The maximum atomic E-state index is 11.7. The fourth-order valence-electron chi connectivity index (χ4n) is 1.85. The highest BCUT2D eigenvalue weighted by Gasteiger charge is 2.09. The Morgan fingerprint density at radius 2 is 2.11 bits per heavy atom. The van der Waals surface area contributed by atoms with E-state index in [1.165, 1.54) is 5.56 Å². The van der Waals surface area contributed by atoms with Crippen LogP contribution < -0.4 is 11.1 Å². The number of nitrogens with one attached hydrogen (secondary N) is 1. The Kier molecular flexibility index (Phi) is 6.43. The topological polar surface area (TPSA) is 87.7 Å². The smallest absolute Gasteiger partial charge is 0.220 e. The summed E-state index contributed by atoms with van der Waals surface area (Å²) < 4.78 is 0. The maximum absolute atomic E-state index is 11.7. The number of benzene rings is 1. The molecule has 0 heterocycles. The molecule has 0 saturated heterocycles. The van der Waals surface area contributed by atoms with Crippen molar-refractivity contribution in [1.29, 1.82) is 0 Å². The number of nitrogens with zero attached hydrogens (tertiary/aromatic N) is 1. The van der Waals surface area contributed by atoms with Crippen molar-refractivity contribution >= 4 is 11.7 Å². The molecule has 1 amide bonds. The van der Waals surface area contributed by atoms with Crippen LogP contribution in [0.2, 0.25) is 0 Å². The third-order valence-electron chi connectivity index (χ3n) is 2.76. The fraction of sp³-hybridized carbons (Fsp3) is 0.429. The minimum Gasteiger partial charge on any atom is -0.409 e. The number of aryl methyl sites for hydroxylation is 1. The van der Waals surface area contributed by atoms with Crippen LogP contribution in [0.1, 0.15) is 31.7 Å². The Labute approximate surface area is 113 Å². The van der Waals surface area contributed by atoms with Crippen LogP contribution in [-0.4, -0.2) is 23.0 Å². The number of amides is 1. The molecule has 0 fully saturated rings. The molecular formula is C14H21N3O2. The Morgan fingerprint density at radius 3 is 2.74 bits per heavy atom. The molecule has 1 atom stereocenters. The summed E-state index contributed by atoms with van der Waals surface area (Å²) >= 11 is 0. The molecule has 0 radical (unpaired) electrons. The van der Waals surface area contributed by atoms with Gasteiger partial charge in [-0.15, -0.1) is 0 Å². The summed E-state index contributed by atoms with van der Waals surface area (Å²) in [6.07, 6.45) is 2.53. The van der Waals surface area contributed by atoms with E-state index in [2.05, 4.69) is 22.6 Å². The molecule has 0 aliphatic heterocycles. The highest BCUT2D eigenvalue weighted by Crippen LogP contribution is 2.04. The van der Waals surface area contributed by atoms with Gasteiger partial charge in [0.25, 0.3) is 0 Å². The van der Waals surface area contributed by atoms with E-state index in [1.807, 2.05) is 25.1 Å². The van der Waals surface area contributed by atoms with Crippen LogP contribution >= 0.6 is 0 Å². The minimum atomic E-state index is -0.125. The van der Waals surface area contributed by atoms with Gasteiger partial charge < -0.3 is 16.3 Å². The molecular weight excluding hydrogens is 242 g/mol. The number of oxime groups is 1. The van der Waals surface area contributed by atoms with Gasteiger partial charge in [0.05, 0.1) is 0 Å². The molecule has 0 aliphatic rings. The second-order valence-corrected chi connectivity index (χ2v) is 4.60. The lowest BCUT2D eigenvalue weighted by Crippen LogP contribution is -2.35. The van der Waals surface area contributed by atoms with Crippen LogP contribution in [-0.2, 0) is 11.2 Å². The fourth-order valence-corrected chi connectivity index (χ4v) is 1.85. The standard InChI is InChI=1S/C14H21N3O2/c1-11(10-13(15)17-19)16-14(18)9-5-8-12-6-3-2-4-7-12/h2-4,6-7,11,19H,5,8-10H2,1H3,(H2,15,17)(H,16,18). The number of nitrogens with two attached hydrogens (primary N) is 1. The van der Waals surface area contributed by atoms with Crippen LogP contribution in [0.5, 0.6) is 0 Å². The molecule has 104 valence electrons. The third kappa shape index (κ3) is 6.45. The molecule has 1 aromatic carbocycles. The molecule has 19 heavy (non-hydrogen) atoms. The molecule has 0 aliphatic carbocycles. The predicted octanol–water partition coefficient (Wildman–Crippen LogP) is 1.65. The molecule has 0 aromatic heterocycles. The normalized spacial score (nSPS) is 13.0. The van der Waals surface area contributed by atoms with Gasteiger partial charge in [0.15, 0.2) is 0 Å². The van der Waals surface area contributed by atoms with Gasteiger partial charge in [0.2, 0.25) is 5.91 Å². The highest BCUT2D eigenvalue weighted by atomic mass is 16.4. The van der Waals surface area contributed by atoms with E-state index in [0.717, 1.165) is 12.8 Å². The summed E-state index contributed by atoms with van der Waals surface area (Å²) in [6, 6.07) is 9.95. The zero-order valence-corrected chi connectivity index (χ0v) is 11.2. The predicted molar refractivity (Wildman–Crippen MR) is 75.0 cm³/mol. The molecule has 5 heteroatoms. The average molecular weight is 263 g/mol. The number of carbonyl (C=O) groups is 1. The van der Waals surface area contributed by atoms with E-state index >= 15 is 0 Å². The molecule has 1 rings (SSSR count). The van der Waals surface area contributed by atoms with Crippen molar-refractivity contribution in [1.82, 2.24) is 5.32 Å². The number of rotatable bonds is 7. The quantitative estimate of drug-likeness (QED) is 0.302.